The van der Waals surface area contributed by atoms with E-state index in [1.165, 1.54) is 0 Å². The summed E-state index contributed by atoms with van der Waals surface area (Å²) in [4.78, 5) is 14.9. The van der Waals surface area contributed by atoms with Crippen molar-refractivity contribution in [1.82, 2.24) is 4.98 Å². The summed E-state index contributed by atoms with van der Waals surface area (Å²) in [5.41, 5.74) is 1.70. The summed E-state index contributed by atoms with van der Waals surface area (Å²) in [5.74, 6) is -1.00. The Kier molecular flexibility index (Phi) is 2.44. The van der Waals surface area contributed by atoms with E-state index in [4.69, 9.17) is 5.11 Å². The molecule has 1 heterocycles. The first kappa shape index (κ1) is 10.1. The summed E-state index contributed by atoms with van der Waals surface area (Å²) < 4.78 is 0.893. The van der Waals surface area contributed by atoms with Crippen LogP contribution in [0, 0.1) is 6.92 Å². The van der Waals surface area contributed by atoms with Crippen LogP contribution in [0.2, 0.25) is 0 Å². The van der Waals surface area contributed by atoms with Gasteiger partial charge in [-0.3, -0.25) is 0 Å². The maximum absolute atomic E-state index is 10.8. The van der Waals surface area contributed by atoms with E-state index in [0.29, 0.717) is 5.52 Å². The Morgan fingerprint density at radius 2 is 2.13 bits per heavy atom. The van der Waals surface area contributed by atoms with Crippen LogP contribution in [0.15, 0.2) is 28.7 Å². The van der Waals surface area contributed by atoms with E-state index in [-0.39, 0.29) is 5.69 Å². The fourth-order valence-corrected chi connectivity index (χ4v) is 1.83. The Morgan fingerprint density at radius 3 is 2.80 bits per heavy atom. The average molecular weight is 266 g/mol. The molecule has 0 aliphatic carbocycles. The monoisotopic (exact) mass is 265 g/mol. The summed E-state index contributed by atoms with van der Waals surface area (Å²) >= 11 is 3.33. The lowest BCUT2D eigenvalue weighted by molar-refractivity contribution is 0.0691. The van der Waals surface area contributed by atoms with Gasteiger partial charge in [-0.1, -0.05) is 22.0 Å². The number of hydrogen-bond donors (Lipinski definition) is 1. The molecule has 0 unspecified atom stereocenters. The maximum atomic E-state index is 10.8. The van der Waals surface area contributed by atoms with Crippen molar-refractivity contribution < 1.29 is 9.90 Å². The highest BCUT2D eigenvalue weighted by molar-refractivity contribution is 9.10. The molecular weight excluding hydrogens is 258 g/mol. The van der Waals surface area contributed by atoms with Gasteiger partial charge in [0.25, 0.3) is 0 Å². The number of carboxylic acid groups (broad SMARTS) is 1. The van der Waals surface area contributed by atoms with E-state index < -0.39 is 5.97 Å². The van der Waals surface area contributed by atoms with Crippen molar-refractivity contribution in [3.8, 4) is 0 Å². The Labute approximate surface area is 94.9 Å². The minimum atomic E-state index is -1.00. The summed E-state index contributed by atoms with van der Waals surface area (Å²) in [6, 6.07) is 7.23. The third-order valence-electron chi connectivity index (χ3n) is 2.20. The number of benzene rings is 1. The van der Waals surface area contributed by atoms with Gasteiger partial charge in [0, 0.05) is 9.86 Å². The van der Waals surface area contributed by atoms with Gasteiger partial charge in [-0.05, 0) is 30.7 Å². The van der Waals surface area contributed by atoms with Crippen LogP contribution in [0.25, 0.3) is 10.9 Å². The molecule has 0 saturated heterocycles. The second-order valence-electron chi connectivity index (χ2n) is 3.29. The van der Waals surface area contributed by atoms with Gasteiger partial charge in [-0.2, -0.15) is 0 Å². The molecule has 0 bridgehead atoms. The van der Waals surface area contributed by atoms with Gasteiger partial charge in [-0.15, -0.1) is 0 Å². The van der Waals surface area contributed by atoms with Crippen LogP contribution >= 0.6 is 15.9 Å². The maximum Gasteiger partial charge on any atom is 0.354 e. The number of carbonyl (C=O) groups is 1. The summed E-state index contributed by atoms with van der Waals surface area (Å²) in [6.45, 7) is 1.88. The van der Waals surface area contributed by atoms with E-state index in [2.05, 4.69) is 20.9 Å². The Balaban J connectivity index is 2.79. The van der Waals surface area contributed by atoms with E-state index in [1.807, 2.05) is 25.1 Å². The zero-order valence-corrected chi connectivity index (χ0v) is 9.58. The first-order valence-corrected chi connectivity index (χ1v) is 5.17. The number of carboxylic acids is 1. The molecule has 0 aliphatic heterocycles. The second-order valence-corrected chi connectivity index (χ2v) is 4.21. The van der Waals surface area contributed by atoms with Crippen molar-refractivity contribution in [3.63, 3.8) is 0 Å². The molecule has 0 saturated carbocycles. The Morgan fingerprint density at radius 1 is 1.40 bits per heavy atom. The van der Waals surface area contributed by atoms with Gasteiger partial charge in [0.15, 0.2) is 0 Å². The summed E-state index contributed by atoms with van der Waals surface area (Å²) in [5, 5.41) is 9.84. The molecule has 2 rings (SSSR count). The molecular formula is C11H8BrNO2. The number of fused-ring (bicyclic) bond motifs is 1. The quantitative estimate of drug-likeness (QED) is 0.863. The first-order chi connectivity index (χ1) is 7.08. The fourth-order valence-electron chi connectivity index (χ4n) is 1.49. The molecule has 76 valence electrons. The van der Waals surface area contributed by atoms with Crippen LogP contribution in [-0.4, -0.2) is 16.1 Å². The number of pyridine rings is 1. The topological polar surface area (TPSA) is 50.2 Å². The molecule has 0 atom stereocenters. The predicted octanol–water partition coefficient (Wildman–Crippen LogP) is 3.00. The van der Waals surface area contributed by atoms with E-state index in [9.17, 15) is 4.79 Å². The molecule has 1 aromatic carbocycles. The number of aryl methyl sites for hydroxylation is 1. The van der Waals surface area contributed by atoms with E-state index in [0.717, 1.165) is 15.4 Å². The zero-order valence-electron chi connectivity index (χ0n) is 7.99. The number of rotatable bonds is 1. The Hall–Kier alpha value is -1.42. The van der Waals surface area contributed by atoms with E-state index >= 15 is 0 Å². The van der Waals surface area contributed by atoms with E-state index in [1.54, 1.807) is 6.07 Å². The number of nitrogens with zero attached hydrogens (tertiary/aromatic N) is 1. The smallest absolute Gasteiger partial charge is 0.354 e. The van der Waals surface area contributed by atoms with Crippen LogP contribution in [0.1, 0.15) is 16.1 Å². The van der Waals surface area contributed by atoms with Gasteiger partial charge in [0.1, 0.15) is 5.69 Å². The fraction of sp³-hybridized carbons (Fsp3) is 0.0909. The third-order valence-corrected chi connectivity index (χ3v) is 2.69. The molecule has 0 aliphatic rings. The van der Waals surface area contributed by atoms with Gasteiger partial charge in [-0.25, -0.2) is 9.78 Å². The Bertz CT molecular complexity index is 552. The average Bonchev–Trinajstić information content (AvgIpc) is 2.16. The van der Waals surface area contributed by atoms with Crippen LogP contribution < -0.4 is 0 Å². The normalized spacial score (nSPS) is 10.5. The minimum absolute atomic E-state index is 0.0816. The highest BCUT2D eigenvalue weighted by Gasteiger charge is 2.08. The number of hydrogen-bond acceptors (Lipinski definition) is 2. The van der Waals surface area contributed by atoms with Crippen molar-refractivity contribution in [2.75, 3.05) is 0 Å². The SMILES string of the molecule is Cc1cc(C(=O)O)nc2cc(Br)ccc12. The molecule has 0 amide bonds. The number of aromatic nitrogens is 1. The van der Waals surface area contributed by atoms with Crippen molar-refractivity contribution >= 4 is 32.8 Å². The van der Waals surface area contributed by atoms with Crippen LogP contribution in [-0.2, 0) is 0 Å². The summed E-state index contributed by atoms with van der Waals surface area (Å²) in [6.07, 6.45) is 0. The van der Waals surface area contributed by atoms with Crippen molar-refractivity contribution in [1.29, 1.82) is 0 Å². The predicted molar refractivity (Wildman–Crippen MR) is 61.1 cm³/mol. The van der Waals surface area contributed by atoms with Crippen molar-refractivity contribution in [3.05, 3.63) is 40.0 Å². The van der Waals surface area contributed by atoms with Crippen LogP contribution in [0.5, 0.6) is 0 Å². The first-order valence-electron chi connectivity index (χ1n) is 4.38. The molecule has 0 fully saturated rings. The molecule has 3 nitrogen and oxygen atoms in total. The largest absolute Gasteiger partial charge is 0.477 e. The highest BCUT2D eigenvalue weighted by atomic mass is 79.9. The van der Waals surface area contributed by atoms with Gasteiger partial charge < -0.3 is 5.11 Å². The molecule has 1 aromatic heterocycles. The number of aromatic carboxylic acids is 1. The summed E-state index contributed by atoms with van der Waals surface area (Å²) in [7, 11) is 0. The van der Waals surface area contributed by atoms with Gasteiger partial charge >= 0.3 is 5.97 Å². The van der Waals surface area contributed by atoms with Gasteiger partial charge in [0.2, 0.25) is 0 Å². The highest BCUT2D eigenvalue weighted by Crippen LogP contribution is 2.21. The zero-order chi connectivity index (χ0) is 11.0. The minimum Gasteiger partial charge on any atom is -0.477 e. The lowest BCUT2D eigenvalue weighted by atomic mass is 10.1. The number of halogens is 1. The molecule has 4 heteroatoms. The lowest BCUT2D eigenvalue weighted by Crippen LogP contribution is -2.01. The third kappa shape index (κ3) is 1.85. The second kappa shape index (κ2) is 3.62. The molecule has 1 N–H and O–H groups in total. The van der Waals surface area contributed by atoms with Crippen LogP contribution in [0.3, 0.4) is 0 Å². The molecule has 15 heavy (non-hydrogen) atoms. The van der Waals surface area contributed by atoms with Gasteiger partial charge in [0.05, 0.1) is 5.52 Å². The molecule has 0 radical (unpaired) electrons. The van der Waals surface area contributed by atoms with Crippen LogP contribution in [0.4, 0.5) is 0 Å². The molecule has 2 aromatic rings. The standard InChI is InChI=1S/C11H8BrNO2/c1-6-4-10(11(14)15)13-9-5-7(12)2-3-8(6)9/h2-5H,1H3,(H,14,15). The van der Waals surface area contributed by atoms with Crippen molar-refractivity contribution in [2.45, 2.75) is 6.92 Å². The van der Waals surface area contributed by atoms with Crippen molar-refractivity contribution in [2.24, 2.45) is 0 Å². The molecule has 0 spiro atoms. The lowest BCUT2D eigenvalue weighted by Gasteiger charge is -2.03.